The highest BCUT2D eigenvalue weighted by Crippen LogP contribution is 2.31. The second-order valence-electron chi connectivity index (χ2n) is 4.99. The summed E-state index contributed by atoms with van der Waals surface area (Å²) in [6, 6.07) is 8.13. The van der Waals surface area contributed by atoms with Crippen molar-refractivity contribution in [1.82, 2.24) is 5.32 Å². The Kier molecular flexibility index (Phi) is 3.18. The zero-order chi connectivity index (χ0) is 12.5. The van der Waals surface area contributed by atoms with Crippen LogP contribution in [0.15, 0.2) is 29.6 Å². The molecular formula is C15H17NOS. The number of thiophene rings is 1. The smallest absolute Gasteiger partial charge is 0.180 e. The van der Waals surface area contributed by atoms with Gasteiger partial charge < -0.3 is 5.32 Å². The van der Waals surface area contributed by atoms with Gasteiger partial charge in [0.05, 0.1) is 6.04 Å². The molecule has 0 bridgehead atoms. The number of ketones is 1. The van der Waals surface area contributed by atoms with E-state index in [4.69, 9.17) is 0 Å². The van der Waals surface area contributed by atoms with Crippen LogP contribution in [0.4, 0.5) is 0 Å². The Morgan fingerprint density at radius 3 is 2.89 bits per heavy atom. The van der Waals surface area contributed by atoms with Crippen LogP contribution in [-0.2, 0) is 0 Å². The second-order valence-corrected chi connectivity index (χ2v) is 5.94. The Morgan fingerprint density at radius 1 is 1.39 bits per heavy atom. The van der Waals surface area contributed by atoms with Crippen LogP contribution in [0, 0.1) is 5.92 Å². The lowest BCUT2D eigenvalue weighted by atomic mass is 9.77. The molecule has 0 radical (unpaired) electrons. The molecule has 1 fully saturated rings. The number of Topliss-reactive ketones (excluding diaryl/α,β-unsaturated/α-hetero) is 1. The molecule has 18 heavy (non-hydrogen) atoms. The number of hydrogen-bond acceptors (Lipinski definition) is 3. The van der Waals surface area contributed by atoms with Crippen molar-refractivity contribution in [3.63, 3.8) is 0 Å². The van der Waals surface area contributed by atoms with E-state index in [0.29, 0.717) is 5.92 Å². The Hall–Kier alpha value is -1.19. The molecule has 3 rings (SSSR count). The third-order valence-electron chi connectivity index (χ3n) is 3.96. The Bertz CT molecular complexity index is 571. The molecular weight excluding hydrogens is 242 g/mol. The second kappa shape index (κ2) is 4.82. The first kappa shape index (κ1) is 11.9. The van der Waals surface area contributed by atoms with Gasteiger partial charge in [0.15, 0.2) is 5.78 Å². The first-order valence-electron chi connectivity index (χ1n) is 6.48. The summed E-state index contributed by atoms with van der Waals surface area (Å²) in [5.74, 6) is 0.777. The Balaban J connectivity index is 1.89. The number of carbonyl (C=O) groups is 1. The van der Waals surface area contributed by atoms with Crippen LogP contribution in [0.2, 0.25) is 0 Å². The average Bonchev–Trinajstić information content (AvgIpc) is 2.79. The van der Waals surface area contributed by atoms with E-state index >= 15 is 0 Å². The maximum absolute atomic E-state index is 12.5. The molecule has 1 aliphatic carbocycles. The van der Waals surface area contributed by atoms with Gasteiger partial charge in [-0.25, -0.2) is 0 Å². The predicted molar refractivity (Wildman–Crippen MR) is 76.3 cm³/mol. The SMILES string of the molecule is CNC(C(=O)c1ccc2ccsc2c1)C1CCC1. The predicted octanol–water partition coefficient (Wildman–Crippen LogP) is 3.47. The monoisotopic (exact) mass is 259 g/mol. The van der Waals surface area contributed by atoms with Gasteiger partial charge in [-0.3, -0.25) is 4.79 Å². The number of likely N-dealkylation sites (N-methyl/N-ethyl adjacent to an activating group) is 1. The third kappa shape index (κ3) is 1.98. The number of rotatable bonds is 4. The number of benzene rings is 1. The molecule has 1 aromatic heterocycles. The molecule has 1 aliphatic rings. The van der Waals surface area contributed by atoms with Gasteiger partial charge in [-0.15, -0.1) is 11.3 Å². The van der Waals surface area contributed by atoms with Gasteiger partial charge in [-0.2, -0.15) is 0 Å². The van der Waals surface area contributed by atoms with Crippen molar-refractivity contribution in [3.05, 3.63) is 35.2 Å². The van der Waals surface area contributed by atoms with Gasteiger partial charge in [0, 0.05) is 10.3 Å². The van der Waals surface area contributed by atoms with Crippen LogP contribution in [0.25, 0.3) is 10.1 Å². The summed E-state index contributed by atoms with van der Waals surface area (Å²) in [6.45, 7) is 0. The summed E-state index contributed by atoms with van der Waals surface area (Å²) < 4.78 is 1.20. The van der Waals surface area contributed by atoms with Crippen molar-refractivity contribution >= 4 is 27.2 Å². The molecule has 1 N–H and O–H groups in total. The highest BCUT2D eigenvalue weighted by molar-refractivity contribution is 7.17. The fourth-order valence-corrected chi connectivity index (χ4v) is 3.47. The number of hydrogen-bond donors (Lipinski definition) is 1. The molecule has 0 aliphatic heterocycles. The maximum atomic E-state index is 12.5. The van der Waals surface area contributed by atoms with Gasteiger partial charge >= 0.3 is 0 Å². The van der Waals surface area contributed by atoms with Gasteiger partial charge in [-0.1, -0.05) is 18.6 Å². The van der Waals surface area contributed by atoms with Crippen molar-refractivity contribution in [2.45, 2.75) is 25.3 Å². The van der Waals surface area contributed by atoms with Gasteiger partial charge in [0.25, 0.3) is 0 Å². The Labute approximate surface area is 111 Å². The number of fused-ring (bicyclic) bond motifs is 1. The van der Waals surface area contributed by atoms with Crippen molar-refractivity contribution in [3.8, 4) is 0 Å². The molecule has 1 atom stereocenters. The standard InChI is InChI=1S/C15H17NOS/c1-16-14(11-3-2-4-11)15(17)12-6-5-10-7-8-18-13(10)9-12/h5-9,11,14,16H,2-4H2,1H3. The van der Waals surface area contributed by atoms with E-state index in [1.165, 1.54) is 29.3 Å². The molecule has 1 aromatic carbocycles. The van der Waals surface area contributed by atoms with E-state index in [0.717, 1.165) is 5.56 Å². The van der Waals surface area contributed by atoms with E-state index in [1.807, 2.05) is 25.2 Å². The molecule has 0 saturated heterocycles. The maximum Gasteiger partial charge on any atom is 0.180 e. The van der Waals surface area contributed by atoms with Crippen molar-refractivity contribution in [2.75, 3.05) is 7.05 Å². The molecule has 0 spiro atoms. The van der Waals surface area contributed by atoms with Gasteiger partial charge in [0.1, 0.15) is 0 Å². The van der Waals surface area contributed by atoms with E-state index in [2.05, 4.69) is 16.8 Å². The summed E-state index contributed by atoms with van der Waals surface area (Å²) in [7, 11) is 1.89. The van der Waals surface area contributed by atoms with Crippen LogP contribution in [0.5, 0.6) is 0 Å². The summed E-state index contributed by atoms with van der Waals surface area (Å²) in [6.07, 6.45) is 3.62. The van der Waals surface area contributed by atoms with Crippen molar-refractivity contribution in [1.29, 1.82) is 0 Å². The first-order valence-corrected chi connectivity index (χ1v) is 7.36. The highest BCUT2D eigenvalue weighted by atomic mass is 32.1. The van der Waals surface area contributed by atoms with E-state index in [-0.39, 0.29) is 11.8 Å². The minimum absolute atomic E-state index is 0.00355. The fourth-order valence-electron chi connectivity index (χ4n) is 2.64. The minimum Gasteiger partial charge on any atom is -0.310 e. The van der Waals surface area contributed by atoms with Gasteiger partial charge in [0.2, 0.25) is 0 Å². The lowest BCUT2D eigenvalue weighted by Crippen LogP contribution is -2.43. The summed E-state index contributed by atoms with van der Waals surface area (Å²) >= 11 is 1.69. The van der Waals surface area contributed by atoms with E-state index < -0.39 is 0 Å². The molecule has 1 heterocycles. The number of nitrogens with one attached hydrogen (secondary N) is 1. The quantitative estimate of drug-likeness (QED) is 0.852. The van der Waals surface area contributed by atoms with E-state index in [9.17, 15) is 4.79 Å². The summed E-state index contributed by atoms with van der Waals surface area (Å²) in [4.78, 5) is 12.5. The minimum atomic E-state index is -0.00355. The average molecular weight is 259 g/mol. The van der Waals surface area contributed by atoms with Crippen LogP contribution in [-0.4, -0.2) is 18.9 Å². The highest BCUT2D eigenvalue weighted by Gasteiger charge is 2.31. The van der Waals surface area contributed by atoms with Crippen LogP contribution < -0.4 is 5.32 Å². The number of carbonyl (C=O) groups excluding carboxylic acids is 1. The molecule has 1 unspecified atom stereocenters. The molecule has 1 saturated carbocycles. The fraction of sp³-hybridized carbons (Fsp3) is 0.400. The molecule has 2 aromatic rings. The lowest BCUT2D eigenvalue weighted by Gasteiger charge is -2.32. The zero-order valence-corrected chi connectivity index (χ0v) is 11.3. The topological polar surface area (TPSA) is 29.1 Å². The zero-order valence-electron chi connectivity index (χ0n) is 10.5. The Morgan fingerprint density at radius 2 is 2.22 bits per heavy atom. The molecule has 94 valence electrons. The first-order chi connectivity index (χ1) is 8.79. The van der Waals surface area contributed by atoms with Crippen LogP contribution >= 0.6 is 11.3 Å². The normalized spacial score (nSPS) is 17.6. The van der Waals surface area contributed by atoms with Crippen LogP contribution in [0.3, 0.4) is 0 Å². The lowest BCUT2D eigenvalue weighted by molar-refractivity contribution is 0.0870. The molecule has 3 heteroatoms. The van der Waals surface area contributed by atoms with Gasteiger partial charge in [-0.05, 0) is 48.7 Å². The summed E-state index contributed by atoms with van der Waals surface area (Å²) in [5.41, 5.74) is 0.844. The third-order valence-corrected chi connectivity index (χ3v) is 4.84. The van der Waals surface area contributed by atoms with Crippen molar-refractivity contribution < 1.29 is 4.79 Å². The van der Waals surface area contributed by atoms with E-state index in [1.54, 1.807) is 11.3 Å². The largest absolute Gasteiger partial charge is 0.310 e. The van der Waals surface area contributed by atoms with Crippen LogP contribution in [0.1, 0.15) is 29.6 Å². The van der Waals surface area contributed by atoms with Crippen molar-refractivity contribution in [2.24, 2.45) is 5.92 Å². The molecule has 2 nitrogen and oxygen atoms in total. The summed E-state index contributed by atoms with van der Waals surface area (Å²) in [5, 5.41) is 6.49. The molecule has 0 amide bonds.